The lowest BCUT2D eigenvalue weighted by atomic mass is 10.1. The van der Waals surface area contributed by atoms with Gasteiger partial charge in [-0.05, 0) is 13.3 Å². The maximum absolute atomic E-state index is 11.6. The third kappa shape index (κ3) is 21.2. The van der Waals surface area contributed by atoms with Gasteiger partial charge in [0, 0.05) is 19.5 Å². The van der Waals surface area contributed by atoms with Crippen LogP contribution in [0.4, 0.5) is 0 Å². The second-order valence-corrected chi connectivity index (χ2v) is 6.99. The van der Waals surface area contributed by atoms with Crippen LogP contribution in [0.25, 0.3) is 0 Å². The number of rotatable bonds is 22. The molecule has 0 fully saturated rings. The fourth-order valence-electron chi connectivity index (χ4n) is 2.12. The van der Waals surface area contributed by atoms with Crippen LogP contribution in [0.15, 0.2) is 0 Å². The molecule has 0 saturated heterocycles. The number of carbonyl (C=O) groups excluding carboxylic acids is 4. The molecule has 6 N–H and O–H groups in total. The highest BCUT2D eigenvalue weighted by Gasteiger charge is 2.13. The van der Waals surface area contributed by atoms with E-state index in [1.54, 1.807) is 0 Å². The molecule has 0 heterocycles. The predicted octanol–water partition coefficient (Wildman–Crippen LogP) is -2.82. The Labute approximate surface area is 198 Å². The van der Waals surface area contributed by atoms with Crippen LogP contribution in [-0.2, 0) is 42.9 Å². The Morgan fingerprint density at radius 1 is 0.735 bits per heavy atom. The zero-order valence-corrected chi connectivity index (χ0v) is 19.5. The van der Waals surface area contributed by atoms with Crippen LogP contribution >= 0.6 is 0 Å². The molecule has 196 valence electrons. The topological polar surface area (TPSA) is 205 Å². The maximum atomic E-state index is 11.6. The number of nitrogens with one attached hydrogen (secondary N) is 3. The average molecular weight is 493 g/mol. The van der Waals surface area contributed by atoms with Crippen LogP contribution in [0.2, 0.25) is 0 Å². The first-order valence-corrected chi connectivity index (χ1v) is 10.8. The van der Waals surface area contributed by atoms with Gasteiger partial charge in [0.05, 0.1) is 46.2 Å². The Balaban J connectivity index is 3.40. The first kappa shape index (κ1) is 31.4. The second kappa shape index (κ2) is 20.9. The minimum Gasteiger partial charge on any atom is -0.480 e. The van der Waals surface area contributed by atoms with Gasteiger partial charge < -0.3 is 45.7 Å². The van der Waals surface area contributed by atoms with Gasteiger partial charge in [0.15, 0.2) is 0 Å². The number of nitrogens with two attached hydrogens (primary N) is 1. The van der Waals surface area contributed by atoms with Crippen LogP contribution in [0.3, 0.4) is 0 Å². The molecule has 34 heavy (non-hydrogen) atoms. The molecular weight excluding hydrogens is 456 g/mol. The largest absolute Gasteiger partial charge is 0.480 e. The van der Waals surface area contributed by atoms with Gasteiger partial charge in [0.25, 0.3) is 0 Å². The number of carboxylic acids is 1. The number of carbonyl (C=O) groups is 5. The zero-order valence-electron chi connectivity index (χ0n) is 19.5. The van der Waals surface area contributed by atoms with Crippen molar-refractivity contribution in [2.24, 2.45) is 5.73 Å². The Morgan fingerprint density at radius 2 is 1.21 bits per heavy atom. The van der Waals surface area contributed by atoms with Gasteiger partial charge in [-0.2, -0.15) is 0 Å². The first-order chi connectivity index (χ1) is 16.2. The van der Waals surface area contributed by atoms with E-state index < -0.39 is 12.0 Å². The third-order valence-electron chi connectivity index (χ3n) is 3.88. The highest BCUT2D eigenvalue weighted by atomic mass is 16.5. The van der Waals surface area contributed by atoms with Gasteiger partial charge >= 0.3 is 5.97 Å². The van der Waals surface area contributed by atoms with Crippen LogP contribution in [-0.4, -0.2) is 113 Å². The molecule has 0 aromatic carbocycles. The molecule has 0 bridgehead atoms. The smallest absolute Gasteiger partial charge is 0.320 e. The van der Waals surface area contributed by atoms with E-state index in [0.29, 0.717) is 0 Å². The Bertz CT molecular complexity index is 632. The summed E-state index contributed by atoms with van der Waals surface area (Å²) in [5, 5.41) is 16.2. The number of amides is 3. The van der Waals surface area contributed by atoms with Crippen molar-refractivity contribution < 1.29 is 48.0 Å². The first-order valence-electron chi connectivity index (χ1n) is 10.8. The summed E-state index contributed by atoms with van der Waals surface area (Å²) >= 11 is 0. The van der Waals surface area contributed by atoms with Crippen molar-refractivity contribution >= 4 is 29.5 Å². The van der Waals surface area contributed by atoms with Crippen molar-refractivity contribution in [3.05, 3.63) is 0 Å². The molecule has 1 atom stereocenters. The number of carboxylic acid groups (broad SMARTS) is 1. The summed E-state index contributed by atoms with van der Waals surface area (Å²) in [5.74, 6) is -2.29. The quantitative estimate of drug-likeness (QED) is 0.0975. The lowest BCUT2D eigenvalue weighted by Crippen LogP contribution is -2.33. The van der Waals surface area contributed by atoms with Gasteiger partial charge in [-0.25, -0.2) is 0 Å². The number of hydrogen-bond donors (Lipinski definition) is 5. The molecule has 0 aliphatic heterocycles. The maximum Gasteiger partial charge on any atom is 0.320 e. The molecule has 0 rings (SSSR count). The molecule has 14 heteroatoms. The van der Waals surface area contributed by atoms with Gasteiger partial charge in [0.1, 0.15) is 25.0 Å². The Kier molecular flexibility index (Phi) is 19.3. The lowest BCUT2D eigenvalue weighted by Gasteiger charge is -2.09. The molecule has 3 amide bonds. The van der Waals surface area contributed by atoms with Crippen LogP contribution in [0, 0.1) is 0 Å². The summed E-state index contributed by atoms with van der Waals surface area (Å²) in [6, 6.07) is -1.06. The molecule has 14 nitrogen and oxygen atoms in total. The molecule has 0 aromatic heterocycles. The van der Waals surface area contributed by atoms with Crippen LogP contribution in [0.5, 0.6) is 0 Å². The Hall–Kier alpha value is -2.65. The van der Waals surface area contributed by atoms with Gasteiger partial charge in [-0.1, -0.05) is 0 Å². The van der Waals surface area contributed by atoms with Gasteiger partial charge in [-0.15, -0.1) is 0 Å². The number of ether oxygens (including phenoxy) is 4. The van der Waals surface area contributed by atoms with E-state index >= 15 is 0 Å². The van der Waals surface area contributed by atoms with E-state index in [0.717, 1.165) is 0 Å². The summed E-state index contributed by atoms with van der Waals surface area (Å²) in [6.45, 7) is 3.00. The van der Waals surface area contributed by atoms with Crippen molar-refractivity contribution in [1.29, 1.82) is 0 Å². The Morgan fingerprint density at radius 3 is 1.71 bits per heavy atom. The van der Waals surface area contributed by atoms with Crippen molar-refractivity contribution in [2.45, 2.75) is 25.8 Å². The standard InChI is InChI=1S/C20H36N4O10/c1-15(25)12-24-19(28)14-34-11-9-32-7-5-23-18(27)13-33-10-8-31-6-4-22-17(26)3-2-16(21)20(29)30/h16H,2-14,21H2,1H3,(H,22,26)(H,23,27)(H,24,28)(H,29,30)/t16-/m0/s1. The summed E-state index contributed by atoms with van der Waals surface area (Å²) in [6.07, 6.45) is 0.0784. The average Bonchev–Trinajstić information content (AvgIpc) is 2.79. The van der Waals surface area contributed by atoms with Crippen LogP contribution in [0.1, 0.15) is 19.8 Å². The van der Waals surface area contributed by atoms with Crippen molar-refractivity contribution in [1.82, 2.24) is 16.0 Å². The van der Waals surface area contributed by atoms with E-state index in [2.05, 4.69) is 16.0 Å². The molecule has 0 aliphatic carbocycles. The summed E-state index contributed by atoms with van der Waals surface area (Å²) in [4.78, 5) is 55.7. The van der Waals surface area contributed by atoms with Crippen molar-refractivity contribution in [3.8, 4) is 0 Å². The van der Waals surface area contributed by atoms with Crippen molar-refractivity contribution in [3.63, 3.8) is 0 Å². The summed E-state index contributed by atoms with van der Waals surface area (Å²) in [7, 11) is 0. The normalized spacial score (nSPS) is 11.5. The van der Waals surface area contributed by atoms with E-state index in [-0.39, 0.29) is 109 Å². The number of Topliss-reactive ketones (excluding diaryl/α,β-unsaturated/α-hetero) is 1. The third-order valence-corrected chi connectivity index (χ3v) is 3.88. The molecule has 0 unspecified atom stereocenters. The second-order valence-electron chi connectivity index (χ2n) is 6.99. The molecule has 0 saturated carbocycles. The number of ketones is 1. The summed E-state index contributed by atoms with van der Waals surface area (Å²) < 4.78 is 20.7. The van der Waals surface area contributed by atoms with E-state index in [9.17, 15) is 24.0 Å². The summed E-state index contributed by atoms with van der Waals surface area (Å²) in [5.41, 5.74) is 5.31. The minimum absolute atomic E-state index is 0.0203. The molecule has 0 aromatic rings. The van der Waals surface area contributed by atoms with Gasteiger partial charge in [-0.3, -0.25) is 24.0 Å². The fourth-order valence-corrected chi connectivity index (χ4v) is 2.12. The van der Waals surface area contributed by atoms with Crippen LogP contribution < -0.4 is 21.7 Å². The monoisotopic (exact) mass is 492 g/mol. The molecule has 0 aliphatic rings. The molecular formula is C20H36N4O10. The number of hydrogen-bond acceptors (Lipinski definition) is 10. The fraction of sp³-hybridized carbons (Fsp3) is 0.750. The van der Waals surface area contributed by atoms with E-state index in [4.69, 9.17) is 29.8 Å². The lowest BCUT2D eigenvalue weighted by molar-refractivity contribution is -0.138. The zero-order chi connectivity index (χ0) is 25.6. The number of aliphatic carboxylic acids is 1. The highest BCUT2D eigenvalue weighted by molar-refractivity contribution is 5.85. The molecule has 0 spiro atoms. The SMILES string of the molecule is CC(=O)CNC(=O)COCCOCCNC(=O)COCCOCCNC(=O)CC[C@H](N)C(=O)O. The van der Waals surface area contributed by atoms with E-state index in [1.807, 2.05) is 0 Å². The highest BCUT2D eigenvalue weighted by Crippen LogP contribution is 1.94. The predicted molar refractivity (Wildman–Crippen MR) is 118 cm³/mol. The molecule has 0 radical (unpaired) electrons. The van der Waals surface area contributed by atoms with E-state index in [1.165, 1.54) is 6.92 Å². The van der Waals surface area contributed by atoms with Crippen molar-refractivity contribution in [2.75, 3.05) is 72.5 Å². The van der Waals surface area contributed by atoms with Gasteiger partial charge in [0.2, 0.25) is 17.7 Å². The minimum atomic E-state index is -1.15.